The molecule has 0 unspecified atom stereocenters. The molecule has 0 rings (SSSR count). The van der Waals surface area contributed by atoms with Gasteiger partial charge < -0.3 is 10.2 Å². The van der Waals surface area contributed by atoms with Gasteiger partial charge in [0.2, 0.25) is 0 Å². The second-order valence-corrected chi connectivity index (χ2v) is 1.80. The number of aliphatic hydroxyl groups is 2. The van der Waals surface area contributed by atoms with Crippen LogP contribution in [0.25, 0.3) is 0 Å². The smallest absolute Gasteiger partial charge is 0.0430 e. The molecule has 2 heteroatoms. The zero-order valence-corrected chi connectivity index (χ0v) is 10.4. The molecular formula is C11H30O2. The first kappa shape index (κ1) is 23.1. The van der Waals surface area contributed by atoms with Crippen LogP contribution >= 0.6 is 0 Å². The Bertz CT molecular complexity index is 27.3. The Morgan fingerprint density at radius 3 is 1.00 bits per heavy atom. The normalized spacial score (nSPS) is 6.46. The molecule has 0 atom stereocenters. The minimum Gasteiger partial charge on any atom is -0.396 e. The van der Waals surface area contributed by atoms with Crippen molar-refractivity contribution in [3.8, 4) is 0 Å². The van der Waals surface area contributed by atoms with Gasteiger partial charge in [0.05, 0.1) is 0 Å². The van der Waals surface area contributed by atoms with Gasteiger partial charge in [0, 0.05) is 13.2 Å². The van der Waals surface area contributed by atoms with Gasteiger partial charge >= 0.3 is 0 Å². The van der Waals surface area contributed by atoms with E-state index in [2.05, 4.69) is 6.92 Å². The van der Waals surface area contributed by atoms with Crippen molar-refractivity contribution in [3.05, 3.63) is 0 Å². The lowest BCUT2D eigenvalue weighted by atomic mass is 10.4. The van der Waals surface area contributed by atoms with Crippen molar-refractivity contribution in [1.29, 1.82) is 0 Å². The van der Waals surface area contributed by atoms with Crippen LogP contribution in [0.3, 0.4) is 0 Å². The lowest BCUT2D eigenvalue weighted by Crippen LogP contribution is -1.75. The largest absolute Gasteiger partial charge is 0.396 e. The van der Waals surface area contributed by atoms with E-state index >= 15 is 0 Å². The molecule has 2 N–H and O–H groups in total. The van der Waals surface area contributed by atoms with Gasteiger partial charge in [0.1, 0.15) is 0 Å². The molecule has 0 spiro atoms. The van der Waals surface area contributed by atoms with Crippen molar-refractivity contribution in [2.75, 3.05) is 13.2 Å². The Hall–Kier alpha value is -0.0800. The third-order valence-corrected chi connectivity index (χ3v) is 0.735. The van der Waals surface area contributed by atoms with Crippen LogP contribution in [0.15, 0.2) is 0 Å². The molecule has 0 aromatic carbocycles. The van der Waals surface area contributed by atoms with Crippen LogP contribution in [-0.4, -0.2) is 23.4 Å². The third kappa shape index (κ3) is 138. The first-order valence-electron chi connectivity index (χ1n) is 5.55. The van der Waals surface area contributed by atoms with E-state index in [4.69, 9.17) is 10.2 Å². The van der Waals surface area contributed by atoms with E-state index in [1.165, 1.54) is 0 Å². The van der Waals surface area contributed by atoms with Gasteiger partial charge in [0.25, 0.3) is 0 Å². The minimum absolute atomic E-state index is 0.319. The lowest BCUT2D eigenvalue weighted by molar-refractivity contribution is 0.287. The molecule has 0 aromatic heterocycles. The molecule has 0 saturated carbocycles. The molecule has 0 fully saturated rings. The van der Waals surface area contributed by atoms with Crippen molar-refractivity contribution in [1.82, 2.24) is 0 Å². The molecule has 0 saturated heterocycles. The highest BCUT2D eigenvalue weighted by Gasteiger charge is 1.69. The average Bonchev–Trinajstić information content (AvgIpc) is 2.25. The number of rotatable bonds is 3. The van der Waals surface area contributed by atoms with Gasteiger partial charge in [-0.3, -0.25) is 0 Å². The molecule has 0 aliphatic carbocycles. The van der Waals surface area contributed by atoms with Crippen molar-refractivity contribution in [2.24, 2.45) is 0 Å². The van der Waals surface area contributed by atoms with E-state index < -0.39 is 0 Å². The number of hydrogen-bond donors (Lipinski definition) is 2. The SMILES string of the molecule is CC.CC.CCCCO.CCCO. The van der Waals surface area contributed by atoms with Gasteiger partial charge in [-0.05, 0) is 12.8 Å². The van der Waals surface area contributed by atoms with Crippen LogP contribution in [0.1, 0.15) is 60.8 Å². The molecule has 0 aliphatic heterocycles. The standard InChI is InChI=1S/C4H10O.C3H8O.2C2H6/c1-2-3-4-5;1-2-3-4;2*1-2/h5H,2-4H2,1H3;4H,2-3H2,1H3;2*1-2H3. The summed E-state index contributed by atoms with van der Waals surface area (Å²) in [6.45, 7) is 12.6. The fourth-order valence-electron chi connectivity index (χ4n) is 0.158. The van der Waals surface area contributed by atoms with Gasteiger partial charge in [0.15, 0.2) is 0 Å². The maximum absolute atomic E-state index is 8.07. The van der Waals surface area contributed by atoms with Crippen molar-refractivity contribution < 1.29 is 10.2 Å². The monoisotopic (exact) mass is 194 g/mol. The van der Waals surface area contributed by atoms with Crippen molar-refractivity contribution in [3.63, 3.8) is 0 Å². The number of hydrogen-bond acceptors (Lipinski definition) is 2. The Kier molecular flexibility index (Phi) is 104. The van der Waals surface area contributed by atoms with Crippen LogP contribution in [0.5, 0.6) is 0 Å². The van der Waals surface area contributed by atoms with E-state index in [9.17, 15) is 0 Å². The summed E-state index contributed by atoms with van der Waals surface area (Å²) in [6.07, 6.45) is 2.91. The van der Waals surface area contributed by atoms with E-state index in [-0.39, 0.29) is 0 Å². The Balaban J connectivity index is -0.0000000457. The predicted octanol–water partition coefficient (Wildman–Crippen LogP) is 3.22. The van der Waals surface area contributed by atoms with E-state index in [0.29, 0.717) is 13.2 Å². The molecule has 86 valence electrons. The van der Waals surface area contributed by atoms with Gasteiger partial charge in [-0.15, -0.1) is 0 Å². The van der Waals surface area contributed by atoms with E-state index in [0.717, 1.165) is 19.3 Å². The van der Waals surface area contributed by atoms with Crippen molar-refractivity contribution >= 4 is 0 Å². The van der Waals surface area contributed by atoms with Crippen LogP contribution in [0.2, 0.25) is 0 Å². The molecule has 0 heterocycles. The topological polar surface area (TPSA) is 40.5 Å². The highest BCUT2D eigenvalue weighted by atomic mass is 16.3. The summed E-state index contributed by atoms with van der Waals surface area (Å²) in [4.78, 5) is 0. The maximum atomic E-state index is 8.07. The summed E-state index contributed by atoms with van der Waals surface area (Å²) in [5.41, 5.74) is 0. The quantitative estimate of drug-likeness (QED) is 0.724. The second kappa shape index (κ2) is 58.7. The van der Waals surface area contributed by atoms with Crippen LogP contribution < -0.4 is 0 Å². The summed E-state index contributed by atoms with van der Waals surface area (Å²) in [7, 11) is 0. The molecular weight excluding hydrogens is 164 g/mol. The van der Waals surface area contributed by atoms with Gasteiger partial charge in [-0.25, -0.2) is 0 Å². The fraction of sp³-hybridized carbons (Fsp3) is 1.00. The molecule has 13 heavy (non-hydrogen) atoms. The molecule has 0 amide bonds. The summed E-state index contributed by atoms with van der Waals surface area (Å²) < 4.78 is 0. The summed E-state index contributed by atoms with van der Waals surface area (Å²) >= 11 is 0. The van der Waals surface area contributed by atoms with Gasteiger partial charge in [-0.2, -0.15) is 0 Å². The Labute approximate surface area is 85.0 Å². The molecule has 0 aromatic rings. The minimum atomic E-state index is 0.319. The highest BCUT2D eigenvalue weighted by Crippen LogP contribution is 1.78. The molecule has 0 bridgehead atoms. The van der Waals surface area contributed by atoms with Crippen LogP contribution in [0, 0.1) is 0 Å². The zero-order chi connectivity index (χ0) is 11.5. The van der Waals surface area contributed by atoms with Crippen molar-refractivity contribution in [2.45, 2.75) is 60.8 Å². The summed E-state index contributed by atoms with van der Waals surface area (Å²) in [5.74, 6) is 0. The number of unbranched alkanes of at least 4 members (excludes halogenated alkanes) is 1. The summed E-state index contributed by atoms with van der Waals surface area (Å²) in [6, 6.07) is 0. The predicted molar refractivity (Wildman–Crippen MR) is 62.1 cm³/mol. The fourth-order valence-corrected chi connectivity index (χ4v) is 0.158. The van der Waals surface area contributed by atoms with Crippen LogP contribution in [0.4, 0.5) is 0 Å². The first-order valence-corrected chi connectivity index (χ1v) is 5.55. The zero-order valence-electron chi connectivity index (χ0n) is 10.4. The lowest BCUT2D eigenvalue weighted by Gasteiger charge is -1.79. The molecule has 0 radical (unpaired) electrons. The highest BCUT2D eigenvalue weighted by molar-refractivity contribution is 4.23. The summed E-state index contributed by atoms with van der Waals surface area (Å²) in [5, 5.41) is 15.9. The Morgan fingerprint density at radius 1 is 0.692 bits per heavy atom. The third-order valence-electron chi connectivity index (χ3n) is 0.735. The van der Waals surface area contributed by atoms with E-state index in [1.807, 2.05) is 34.6 Å². The van der Waals surface area contributed by atoms with Gasteiger partial charge in [-0.1, -0.05) is 48.0 Å². The first-order chi connectivity index (χ1) is 6.33. The number of aliphatic hydroxyl groups excluding tert-OH is 2. The average molecular weight is 194 g/mol. The Morgan fingerprint density at radius 2 is 1.00 bits per heavy atom. The van der Waals surface area contributed by atoms with E-state index in [1.54, 1.807) is 0 Å². The molecule has 0 aliphatic rings. The van der Waals surface area contributed by atoms with Crippen LogP contribution in [-0.2, 0) is 0 Å². The second-order valence-electron chi connectivity index (χ2n) is 1.80. The molecule has 2 nitrogen and oxygen atoms in total. The maximum Gasteiger partial charge on any atom is 0.0430 e.